The van der Waals surface area contributed by atoms with Crippen LogP contribution in [0.4, 0.5) is 0 Å². The zero-order valence-electron chi connectivity index (χ0n) is 13.0. The Kier molecular flexibility index (Phi) is 6.03. The number of hydrogen-bond donors (Lipinski definition) is 2. The third-order valence-electron chi connectivity index (χ3n) is 5.16. The lowest BCUT2D eigenvalue weighted by Gasteiger charge is -2.34. The van der Waals surface area contributed by atoms with Gasteiger partial charge in [-0.3, -0.25) is 9.59 Å². The lowest BCUT2D eigenvalue weighted by molar-refractivity contribution is -0.135. The summed E-state index contributed by atoms with van der Waals surface area (Å²) in [5, 5.41) is 11.9. The van der Waals surface area contributed by atoms with E-state index in [0.29, 0.717) is 5.92 Å². The zero-order chi connectivity index (χ0) is 15.2. The maximum Gasteiger partial charge on any atom is 0.241 e. The van der Waals surface area contributed by atoms with Gasteiger partial charge in [-0.15, -0.1) is 0 Å². The summed E-state index contributed by atoms with van der Waals surface area (Å²) in [4.78, 5) is 25.9. The summed E-state index contributed by atoms with van der Waals surface area (Å²) in [6.45, 7) is 0.369. The molecule has 0 aromatic carbocycles. The summed E-state index contributed by atoms with van der Waals surface area (Å²) < 4.78 is 0. The van der Waals surface area contributed by atoms with Crippen molar-refractivity contribution < 1.29 is 14.7 Å². The van der Waals surface area contributed by atoms with Crippen molar-refractivity contribution in [2.24, 2.45) is 11.8 Å². The average molecular weight is 296 g/mol. The van der Waals surface area contributed by atoms with Gasteiger partial charge in [0, 0.05) is 25.6 Å². The van der Waals surface area contributed by atoms with E-state index in [1.165, 1.54) is 0 Å². The number of rotatable bonds is 5. The number of hydrogen-bond acceptors (Lipinski definition) is 3. The van der Waals surface area contributed by atoms with Gasteiger partial charge in [0.2, 0.25) is 11.8 Å². The Morgan fingerprint density at radius 1 is 1.10 bits per heavy atom. The van der Waals surface area contributed by atoms with Crippen LogP contribution >= 0.6 is 0 Å². The highest BCUT2D eigenvalue weighted by Gasteiger charge is 2.27. The van der Waals surface area contributed by atoms with E-state index in [0.717, 1.165) is 51.4 Å². The molecule has 120 valence electrons. The van der Waals surface area contributed by atoms with Crippen LogP contribution in [0.25, 0.3) is 0 Å². The molecule has 21 heavy (non-hydrogen) atoms. The molecule has 0 spiro atoms. The average Bonchev–Trinajstić information content (AvgIpc) is 3.06. The molecule has 0 aromatic rings. The van der Waals surface area contributed by atoms with E-state index in [1.54, 1.807) is 4.90 Å². The Labute approximate surface area is 127 Å². The van der Waals surface area contributed by atoms with E-state index in [-0.39, 0.29) is 36.9 Å². The summed E-state index contributed by atoms with van der Waals surface area (Å²) in [5.41, 5.74) is 0. The standard InChI is InChI=1S/C16H28N2O3/c1-18(14-8-6-12(11-19)7-9-14)15(20)10-17-16(21)13-4-2-3-5-13/h12-14,19H,2-11H2,1H3,(H,17,21). The van der Waals surface area contributed by atoms with Crippen LogP contribution in [-0.4, -0.2) is 48.1 Å². The Morgan fingerprint density at radius 3 is 2.29 bits per heavy atom. The molecule has 2 aliphatic rings. The van der Waals surface area contributed by atoms with Crippen LogP contribution in [0, 0.1) is 11.8 Å². The fourth-order valence-corrected chi connectivity index (χ4v) is 3.54. The Hall–Kier alpha value is -1.10. The molecule has 2 N–H and O–H groups in total. The van der Waals surface area contributed by atoms with Crippen LogP contribution in [0.3, 0.4) is 0 Å². The maximum atomic E-state index is 12.2. The molecule has 2 amide bonds. The largest absolute Gasteiger partial charge is 0.396 e. The van der Waals surface area contributed by atoms with E-state index in [9.17, 15) is 9.59 Å². The van der Waals surface area contributed by atoms with Crippen molar-refractivity contribution in [3.8, 4) is 0 Å². The minimum atomic E-state index is -0.00574. The molecule has 5 heteroatoms. The Bertz CT molecular complexity index is 359. The quantitative estimate of drug-likeness (QED) is 0.803. The monoisotopic (exact) mass is 296 g/mol. The van der Waals surface area contributed by atoms with Gasteiger partial charge in [-0.05, 0) is 44.4 Å². The van der Waals surface area contributed by atoms with E-state index in [2.05, 4.69) is 5.32 Å². The van der Waals surface area contributed by atoms with E-state index < -0.39 is 0 Å². The molecule has 0 aromatic heterocycles. The lowest BCUT2D eigenvalue weighted by atomic mass is 9.86. The first-order valence-electron chi connectivity index (χ1n) is 8.26. The molecule has 0 radical (unpaired) electrons. The minimum Gasteiger partial charge on any atom is -0.396 e. The zero-order valence-corrected chi connectivity index (χ0v) is 13.0. The van der Waals surface area contributed by atoms with Gasteiger partial charge in [-0.1, -0.05) is 12.8 Å². The van der Waals surface area contributed by atoms with Crippen LogP contribution in [0.1, 0.15) is 51.4 Å². The SMILES string of the molecule is CN(C(=O)CNC(=O)C1CCCC1)C1CCC(CO)CC1. The van der Waals surface area contributed by atoms with Crippen LogP contribution in [0.2, 0.25) is 0 Å². The summed E-state index contributed by atoms with van der Waals surface area (Å²) in [5.74, 6) is 0.543. The van der Waals surface area contributed by atoms with E-state index in [1.807, 2.05) is 7.05 Å². The molecule has 0 unspecified atom stereocenters. The van der Waals surface area contributed by atoms with Crippen LogP contribution < -0.4 is 5.32 Å². The first-order chi connectivity index (χ1) is 10.1. The van der Waals surface area contributed by atoms with Crippen LogP contribution in [0.5, 0.6) is 0 Å². The molecule has 2 saturated carbocycles. The van der Waals surface area contributed by atoms with Crippen molar-refractivity contribution in [3.05, 3.63) is 0 Å². The van der Waals surface area contributed by atoms with Gasteiger partial charge < -0.3 is 15.3 Å². The number of aliphatic hydroxyl groups is 1. The van der Waals surface area contributed by atoms with Crippen molar-refractivity contribution in [3.63, 3.8) is 0 Å². The summed E-state index contributed by atoms with van der Waals surface area (Å²) in [6.07, 6.45) is 8.02. The molecular formula is C16H28N2O3. The van der Waals surface area contributed by atoms with Gasteiger partial charge in [0.1, 0.15) is 0 Å². The smallest absolute Gasteiger partial charge is 0.241 e. The second kappa shape index (κ2) is 7.78. The highest BCUT2D eigenvalue weighted by molar-refractivity contribution is 5.86. The molecular weight excluding hydrogens is 268 g/mol. The predicted molar refractivity (Wildman–Crippen MR) is 80.6 cm³/mol. The molecule has 5 nitrogen and oxygen atoms in total. The first kappa shape index (κ1) is 16.3. The fraction of sp³-hybridized carbons (Fsp3) is 0.875. The van der Waals surface area contributed by atoms with Gasteiger partial charge in [0.15, 0.2) is 0 Å². The molecule has 0 aliphatic heterocycles. The molecule has 2 fully saturated rings. The number of likely N-dealkylation sites (N-methyl/N-ethyl adjacent to an activating group) is 1. The van der Waals surface area contributed by atoms with Gasteiger partial charge in [0.05, 0.1) is 6.54 Å². The highest BCUT2D eigenvalue weighted by atomic mass is 16.3. The van der Waals surface area contributed by atoms with E-state index in [4.69, 9.17) is 5.11 Å². The van der Waals surface area contributed by atoms with Crippen molar-refractivity contribution in [2.45, 2.75) is 57.4 Å². The Balaban J connectivity index is 1.71. The maximum absolute atomic E-state index is 12.2. The molecule has 0 bridgehead atoms. The fourth-order valence-electron chi connectivity index (χ4n) is 3.54. The van der Waals surface area contributed by atoms with Gasteiger partial charge in [0.25, 0.3) is 0 Å². The number of nitrogens with zero attached hydrogens (tertiary/aromatic N) is 1. The van der Waals surface area contributed by atoms with Gasteiger partial charge >= 0.3 is 0 Å². The van der Waals surface area contributed by atoms with Crippen molar-refractivity contribution in [1.82, 2.24) is 10.2 Å². The van der Waals surface area contributed by atoms with Crippen LogP contribution in [-0.2, 0) is 9.59 Å². The number of carbonyl (C=O) groups is 2. The number of nitrogens with one attached hydrogen (secondary N) is 1. The summed E-state index contributed by atoms with van der Waals surface area (Å²) in [7, 11) is 1.83. The predicted octanol–water partition coefficient (Wildman–Crippen LogP) is 1.30. The van der Waals surface area contributed by atoms with Crippen LogP contribution in [0.15, 0.2) is 0 Å². The molecule has 2 rings (SSSR count). The molecule has 2 aliphatic carbocycles. The molecule has 0 heterocycles. The lowest BCUT2D eigenvalue weighted by Crippen LogP contribution is -2.45. The minimum absolute atomic E-state index is 0.00574. The topological polar surface area (TPSA) is 69.6 Å². The number of aliphatic hydroxyl groups excluding tert-OH is 1. The van der Waals surface area contributed by atoms with E-state index >= 15 is 0 Å². The molecule has 0 saturated heterocycles. The van der Waals surface area contributed by atoms with Gasteiger partial charge in [-0.25, -0.2) is 0 Å². The van der Waals surface area contributed by atoms with Crippen molar-refractivity contribution >= 4 is 11.8 Å². The Morgan fingerprint density at radius 2 is 1.71 bits per heavy atom. The second-order valence-electron chi connectivity index (χ2n) is 6.56. The van der Waals surface area contributed by atoms with Gasteiger partial charge in [-0.2, -0.15) is 0 Å². The van der Waals surface area contributed by atoms with Crippen molar-refractivity contribution in [1.29, 1.82) is 0 Å². The summed E-state index contributed by atoms with van der Waals surface area (Å²) in [6, 6.07) is 0.253. The number of amides is 2. The third kappa shape index (κ3) is 4.43. The normalized spacial score (nSPS) is 26.6. The third-order valence-corrected chi connectivity index (χ3v) is 5.16. The first-order valence-corrected chi connectivity index (χ1v) is 8.26. The second-order valence-corrected chi connectivity index (χ2v) is 6.56. The molecule has 0 atom stereocenters. The number of carbonyl (C=O) groups excluding carboxylic acids is 2. The summed E-state index contributed by atoms with van der Waals surface area (Å²) >= 11 is 0. The highest BCUT2D eigenvalue weighted by Crippen LogP contribution is 2.27. The van der Waals surface area contributed by atoms with Crippen molar-refractivity contribution in [2.75, 3.05) is 20.2 Å².